The third-order valence-corrected chi connectivity index (χ3v) is 4.20. The van der Waals surface area contributed by atoms with Crippen molar-refractivity contribution in [1.82, 2.24) is 4.98 Å². The van der Waals surface area contributed by atoms with E-state index in [4.69, 9.17) is 16.3 Å². The summed E-state index contributed by atoms with van der Waals surface area (Å²) in [4.78, 5) is 6.62. The van der Waals surface area contributed by atoms with Crippen molar-refractivity contribution in [1.29, 1.82) is 0 Å². The van der Waals surface area contributed by atoms with Gasteiger partial charge in [0.15, 0.2) is 17.3 Å². The van der Waals surface area contributed by atoms with E-state index in [9.17, 15) is 0 Å². The Morgan fingerprint density at radius 1 is 1.15 bits per heavy atom. The first-order valence-corrected chi connectivity index (χ1v) is 8.27. The predicted octanol–water partition coefficient (Wildman–Crippen LogP) is 5.48. The van der Waals surface area contributed by atoms with E-state index in [-0.39, 0.29) is 0 Å². The maximum absolute atomic E-state index is 5.95. The van der Waals surface area contributed by atoms with Gasteiger partial charge in [-0.15, -0.1) is 11.6 Å². The highest BCUT2D eigenvalue weighted by atomic mass is 79.9. The second-order valence-electron chi connectivity index (χ2n) is 4.38. The molecule has 1 aromatic heterocycles. The molecule has 3 nitrogen and oxygen atoms in total. The van der Waals surface area contributed by atoms with Gasteiger partial charge in [-0.1, -0.05) is 15.9 Å². The molecule has 104 valence electrons. The van der Waals surface area contributed by atoms with Crippen molar-refractivity contribution in [2.75, 3.05) is 17.3 Å². The van der Waals surface area contributed by atoms with Gasteiger partial charge < -0.3 is 9.64 Å². The van der Waals surface area contributed by atoms with E-state index in [1.54, 1.807) is 6.20 Å². The number of benzene rings is 1. The van der Waals surface area contributed by atoms with E-state index in [1.807, 2.05) is 24.3 Å². The number of ether oxygens (including phenoxy) is 1. The Bertz CT molecular complexity index is 600. The average molecular weight is 419 g/mol. The number of hydrogen-bond acceptors (Lipinski definition) is 3. The lowest BCUT2D eigenvalue weighted by Gasteiger charge is -2.31. The number of fused-ring (bicyclic) bond motifs is 2. The molecule has 20 heavy (non-hydrogen) atoms. The third-order valence-electron chi connectivity index (χ3n) is 3.00. The maximum atomic E-state index is 5.95. The summed E-state index contributed by atoms with van der Waals surface area (Å²) < 4.78 is 7.83. The van der Waals surface area contributed by atoms with Crippen LogP contribution in [0, 0.1) is 0 Å². The molecule has 1 aliphatic heterocycles. The normalized spacial score (nSPS) is 12.7. The van der Waals surface area contributed by atoms with Gasteiger partial charge in [-0.05, 0) is 40.5 Å². The van der Waals surface area contributed by atoms with E-state index in [2.05, 4.69) is 41.7 Å². The highest BCUT2D eigenvalue weighted by molar-refractivity contribution is 9.10. The van der Waals surface area contributed by atoms with Crippen LogP contribution in [0.3, 0.4) is 0 Å². The van der Waals surface area contributed by atoms with Crippen LogP contribution in [0.4, 0.5) is 11.5 Å². The summed E-state index contributed by atoms with van der Waals surface area (Å²) in [6.45, 7) is 0.809. The molecular formula is C14H11Br2ClN2O. The van der Waals surface area contributed by atoms with Crippen LogP contribution in [0.15, 0.2) is 39.4 Å². The molecule has 0 saturated heterocycles. The minimum absolute atomic E-state index is 0.620. The fourth-order valence-corrected chi connectivity index (χ4v) is 2.93. The summed E-state index contributed by atoms with van der Waals surface area (Å²) in [5.41, 5.74) is 1.01. The molecule has 0 fully saturated rings. The van der Waals surface area contributed by atoms with Crippen LogP contribution in [0.2, 0.25) is 0 Å². The van der Waals surface area contributed by atoms with Gasteiger partial charge in [0.2, 0.25) is 0 Å². The van der Waals surface area contributed by atoms with Gasteiger partial charge in [0.1, 0.15) is 0 Å². The maximum Gasteiger partial charge on any atom is 0.176 e. The summed E-state index contributed by atoms with van der Waals surface area (Å²) >= 11 is 12.7. The lowest BCUT2D eigenvalue weighted by atomic mass is 10.2. The molecule has 0 bridgehead atoms. The molecule has 0 atom stereocenters. The van der Waals surface area contributed by atoms with Gasteiger partial charge in [0, 0.05) is 33.6 Å². The summed E-state index contributed by atoms with van der Waals surface area (Å²) in [6, 6.07) is 7.92. The highest BCUT2D eigenvalue weighted by Crippen LogP contribution is 2.46. The largest absolute Gasteiger partial charge is 0.451 e. The Labute approximate surface area is 139 Å². The molecule has 6 heteroatoms. The third kappa shape index (κ3) is 2.67. The molecule has 2 heterocycles. The van der Waals surface area contributed by atoms with Gasteiger partial charge in [-0.3, -0.25) is 0 Å². The van der Waals surface area contributed by atoms with Crippen LogP contribution in [-0.4, -0.2) is 17.4 Å². The Balaban J connectivity index is 2.08. The number of nitrogens with zero attached hydrogens (tertiary/aromatic N) is 2. The van der Waals surface area contributed by atoms with Gasteiger partial charge in [0.05, 0.1) is 5.69 Å². The van der Waals surface area contributed by atoms with Crippen LogP contribution < -0.4 is 9.64 Å². The van der Waals surface area contributed by atoms with Crippen LogP contribution in [-0.2, 0) is 0 Å². The van der Waals surface area contributed by atoms with Crippen LogP contribution >= 0.6 is 43.5 Å². The van der Waals surface area contributed by atoms with E-state index in [0.717, 1.165) is 44.9 Å². The molecule has 0 saturated carbocycles. The van der Waals surface area contributed by atoms with Crippen molar-refractivity contribution < 1.29 is 4.74 Å². The number of anilines is 2. The van der Waals surface area contributed by atoms with Crippen LogP contribution in [0.5, 0.6) is 11.5 Å². The Hall–Kier alpha value is -0.780. The Kier molecular flexibility index (Phi) is 4.19. The first kappa shape index (κ1) is 14.2. The Morgan fingerprint density at radius 2 is 1.95 bits per heavy atom. The highest BCUT2D eigenvalue weighted by Gasteiger charge is 2.25. The van der Waals surface area contributed by atoms with Gasteiger partial charge in [-0.25, -0.2) is 4.98 Å². The number of rotatable bonds is 3. The van der Waals surface area contributed by atoms with E-state index in [1.165, 1.54) is 0 Å². The van der Waals surface area contributed by atoms with Crippen molar-refractivity contribution in [3.8, 4) is 11.5 Å². The summed E-state index contributed by atoms with van der Waals surface area (Å²) in [5.74, 6) is 3.02. The van der Waals surface area contributed by atoms with Crippen molar-refractivity contribution in [2.24, 2.45) is 0 Å². The molecule has 0 spiro atoms. The molecule has 0 amide bonds. The number of aromatic nitrogens is 1. The lowest BCUT2D eigenvalue weighted by Crippen LogP contribution is -2.23. The van der Waals surface area contributed by atoms with Gasteiger partial charge in [-0.2, -0.15) is 0 Å². The van der Waals surface area contributed by atoms with Gasteiger partial charge >= 0.3 is 0 Å². The predicted molar refractivity (Wildman–Crippen MR) is 88.5 cm³/mol. The second-order valence-corrected chi connectivity index (χ2v) is 6.59. The monoisotopic (exact) mass is 416 g/mol. The lowest BCUT2D eigenvalue weighted by molar-refractivity contribution is 0.469. The molecule has 0 aliphatic carbocycles. The van der Waals surface area contributed by atoms with Crippen molar-refractivity contribution in [3.63, 3.8) is 0 Å². The fraction of sp³-hybridized carbons (Fsp3) is 0.214. The van der Waals surface area contributed by atoms with E-state index >= 15 is 0 Å². The number of hydrogen-bond donors (Lipinski definition) is 0. The SMILES string of the molecule is ClCCCN1c2ccc(Br)cc2Oc2cc(Br)cnc21. The fourth-order valence-electron chi connectivity index (χ4n) is 2.16. The zero-order valence-electron chi connectivity index (χ0n) is 10.4. The first-order chi connectivity index (χ1) is 9.69. The summed E-state index contributed by atoms with van der Waals surface area (Å²) in [5, 5.41) is 0. The molecule has 0 N–H and O–H groups in total. The van der Waals surface area contributed by atoms with E-state index < -0.39 is 0 Å². The van der Waals surface area contributed by atoms with Crippen LogP contribution in [0.1, 0.15) is 6.42 Å². The van der Waals surface area contributed by atoms with Crippen LogP contribution in [0.25, 0.3) is 0 Å². The molecular weight excluding hydrogens is 407 g/mol. The van der Waals surface area contributed by atoms with E-state index in [0.29, 0.717) is 5.88 Å². The summed E-state index contributed by atoms with van der Waals surface area (Å²) in [7, 11) is 0. The molecule has 2 aromatic rings. The Morgan fingerprint density at radius 3 is 2.75 bits per heavy atom. The quantitative estimate of drug-likeness (QED) is 0.617. The number of pyridine rings is 1. The number of alkyl halides is 1. The standard InChI is InChI=1S/C14H11Br2ClN2O/c15-9-2-3-11-12(6-9)20-13-7-10(16)8-18-14(13)19(11)5-1-4-17/h2-3,6-8H,1,4-5H2. The van der Waals surface area contributed by atoms with Gasteiger partial charge in [0.25, 0.3) is 0 Å². The minimum Gasteiger partial charge on any atom is -0.451 e. The minimum atomic E-state index is 0.620. The zero-order valence-corrected chi connectivity index (χ0v) is 14.4. The topological polar surface area (TPSA) is 25.4 Å². The summed E-state index contributed by atoms with van der Waals surface area (Å²) in [6.07, 6.45) is 2.66. The zero-order chi connectivity index (χ0) is 14.1. The second kappa shape index (κ2) is 5.92. The molecule has 1 aromatic carbocycles. The van der Waals surface area contributed by atoms with Crippen molar-refractivity contribution >= 4 is 55.0 Å². The molecule has 0 radical (unpaired) electrons. The molecule has 1 aliphatic rings. The molecule has 3 rings (SSSR count). The first-order valence-electron chi connectivity index (χ1n) is 6.15. The van der Waals surface area contributed by atoms with Crippen molar-refractivity contribution in [3.05, 3.63) is 39.4 Å². The smallest absolute Gasteiger partial charge is 0.176 e. The number of halogens is 3. The molecule has 0 unspecified atom stereocenters. The van der Waals surface area contributed by atoms with Crippen molar-refractivity contribution in [2.45, 2.75) is 6.42 Å². The average Bonchev–Trinajstić information content (AvgIpc) is 2.43.